The third-order valence-electron chi connectivity index (χ3n) is 7.05. The summed E-state index contributed by atoms with van der Waals surface area (Å²) < 4.78 is 39.7. The fraction of sp³-hybridized carbons (Fsp3) is 0.281. The summed E-state index contributed by atoms with van der Waals surface area (Å²) in [6, 6.07) is 27.3. The van der Waals surface area contributed by atoms with Crippen molar-refractivity contribution in [2.24, 2.45) is 0 Å². The Morgan fingerprint density at radius 1 is 0.881 bits per heavy atom. The first kappa shape index (κ1) is 31.8. The van der Waals surface area contributed by atoms with Gasteiger partial charge in [-0.25, -0.2) is 18.2 Å². The average Bonchev–Trinajstić information content (AvgIpc) is 3.28. The molecule has 1 atom stereocenters. The second-order valence-electron chi connectivity index (χ2n) is 10.2. The molecule has 1 aliphatic rings. The molecule has 212 valence electrons. The number of ether oxygens (including phenoxy) is 1. The molecule has 0 saturated heterocycles. The molecule has 0 radical (unpaired) electrons. The average molecular weight is 595 g/mol. The Hall–Kier alpha value is -3.08. The molecule has 1 aliphatic heterocycles. The fourth-order valence-electron chi connectivity index (χ4n) is 5.00. The Morgan fingerprint density at radius 2 is 1.57 bits per heavy atom. The van der Waals surface area contributed by atoms with E-state index in [0.717, 1.165) is 52.5 Å². The summed E-state index contributed by atoms with van der Waals surface area (Å²) in [6.45, 7) is 0.492. The van der Waals surface area contributed by atoms with Gasteiger partial charge in [-0.2, -0.15) is 4.57 Å². The zero-order valence-electron chi connectivity index (χ0n) is 23.7. The molecule has 3 aromatic carbocycles. The molecule has 0 fully saturated rings. The molecule has 8 nitrogen and oxygen atoms in total. The van der Waals surface area contributed by atoms with E-state index < -0.39 is 16.2 Å². The van der Waals surface area contributed by atoms with Crippen LogP contribution in [0, 0.1) is 0 Å². The molecule has 42 heavy (non-hydrogen) atoms. The van der Waals surface area contributed by atoms with Crippen LogP contribution in [0.1, 0.15) is 47.3 Å². The summed E-state index contributed by atoms with van der Waals surface area (Å²) in [5, 5.41) is 3.45. The van der Waals surface area contributed by atoms with Crippen LogP contribution in [0.25, 0.3) is 11.3 Å². The van der Waals surface area contributed by atoms with Crippen molar-refractivity contribution in [3.63, 3.8) is 0 Å². The van der Waals surface area contributed by atoms with Crippen LogP contribution in [0.3, 0.4) is 0 Å². The molecule has 10 heteroatoms. The number of hydrogen-bond donors (Lipinski definition) is 1. The molecule has 4 aromatic rings. The van der Waals surface area contributed by atoms with Crippen molar-refractivity contribution < 1.29 is 56.6 Å². The van der Waals surface area contributed by atoms with Crippen LogP contribution in [-0.4, -0.2) is 42.3 Å². The second-order valence-corrected chi connectivity index (χ2v) is 11.8. The van der Waals surface area contributed by atoms with Crippen molar-refractivity contribution in [1.82, 2.24) is 4.98 Å². The van der Waals surface area contributed by atoms with Crippen LogP contribution in [0.15, 0.2) is 91.1 Å². The third-order valence-corrected chi connectivity index (χ3v) is 7.84. The molecule has 0 spiro atoms. The number of rotatable bonds is 13. The molecule has 1 N–H and O–H groups in total. The topological polar surface area (TPSA) is 112 Å². The van der Waals surface area contributed by atoms with Gasteiger partial charge >= 0.3 is 41.3 Å². The van der Waals surface area contributed by atoms with Crippen molar-refractivity contribution in [3.8, 4) is 17.0 Å². The first-order valence-corrected chi connectivity index (χ1v) is 15.4. The van der Waals surface area contributed by atoms with Gasteiger partial charge < -0.3 is 9.29 Å². The van der Waals surface area contributed by atoms with Crippen molar-refractivity contribution in [2.75, 3.05) is 17.7 Å². The van der Waals surface area contributed by atoms with E-state index in [4.69, 9.17) is 9.72 Å². The summed E-state index contributed by atoms with van der Waals surface area (Å²) in [5.41, 5.74) is 4.61. The van der Waals surface area contributed by atoms with Gasteiger partial charge in [-0.1, -0.05) is 85.6 Å². The number of aromatic nitrogens is 2. The number of benzene rings is 3. The van der Waals surface area contributed by atoms with Crippen molar-refractivity contribution in [3.05, 3.63) is 108 Å². The van der Waals surface area contributed by atoms with E-state index in [1.807, 2.05) is 79.0 Å². The zero-order chi connectivity index (χ0) is 28.7. The molecular formula is C32H33N3NaO5S+. The minimum absolute atomic E-state index is 0. The second kappa shape index (κ2) is 14.9. The number of carbonyl (C=O) groups excluding carboxylic acids is 1. The van der Waals surface area contributed by atoms with Gasteiger partial charge in [-0.3, -0.25) is 5.32 Å². The van der Waals surface area contributed by atoms with Crippen molar-refractivity contribution in [2.45, 2.75) is 44.6 Å². The van der Waals surface area contributed by atoms with Crippen molar-refractivity contribution >= 4 is 21.8 Å². The van der Waals surface area contributed by atoms with Crippen LogP contribution in [0.4, 0.5) is 5.82 Å². The predicted molar refractivity (Wildman–Crippen MR) is 156 cm³/mol. The summed E-state index contributed by atoms with van der Waals surface area (Å²) >= 11 is 0. The van der Waals surface area contributed by atoms with Gasteiger partial charge in [-0.15, -0.1) is 0 Å². The first-order valence-electron chi connectivity index (χ1n) is 13.9. The molecule has 2 heterocycles. The predicted octanol–water partition coefficient (Wildman–Crippen LogP) is 1.79. The number of hydrogen-bond acceptors (Lipinski definition) is 7. The maximum Gasteiger partial charge on any atom is 1.00 e. The summed E-state index contributed by atoms with van der Waals surface area (Å²) in [6.07, 6.45) is 5.51. The summed E-state index contributed by atoms with van der Waals surface area (Å²) in [5.74, 6) is 1.10. The molecular weight excluding hydrogens is 561 g/mol. The van der Waals surface area contributed by atoms with Gasteiger partial charge in [0.05, 0.1) is 16.7 Å². The normalized spacial score (nSPS) is 14.1. The van der Waals surface area contributed by atoms with Crippen LogP contribution in [0.2, 0.25) is 0 Å². The smallest absolute Gasteiger partial charge is 0.748 e. The van der Waals surface area contributed by atoms with Gasteiger partial charge in [0.1, 0.15) is 23.3 Å². The van der Waals surface area contributed by atoms with Crippen LogP contribution in [-0.2, 0) is 23.0 Å². The molecule has 1 aromatic heterocycles. The third kappa shape index (κ3) is 8.72. The zero-order valence-corrected chi connectivity index (χ0v) is 26.6. The largest absolute Gasteiger partial charge is 1.00 e. The summed E-state index contributed by atoms with van der Waals surface area (Å²) in [4.78, 5) is 18.6. The van der Waals surface area contributed by atoms with E-state index in [1.54, 1.807) is 4.57 Å². The van der Waals surface area contributed by atoms with Crippen LogP contribution >= 0.6 is 0 Å². The number of nitrogens with zero attached hydrogens (tertiary/aromatic N) is 2. The number of anilines is 1. The maximum atomic E-state index is 13.6. The number of fused-ring (bicyclic) bond motifs is 1. The molecule has 0 saturated carbocycles. The Bertz CT molecular complexity index is 1600. The molecule has 0 amide bonds. The minimum Gasteiger partial charge on any atom is -0.748 e. The molecule has 1 unspecified atom stereocenters. The first-order chi connectivity index (χ1) is 19.9. The number of nitrogens with one attached hydrogen (secondary N) is 1. The Balaban J connectivity index is 0.00000405. The van der Waals surface area contributed by atoms with Gasteiger partial charge in [0, 0.05) is 24.2 Å². The molecule has 0 aliphatic carbocycles. The number of unbranched alkanes of at least 4 members (excludes halogenated alkanes) is 3. The van der Waals surface area contributed by atoms with E-state index in [1.165, 1.54) is 0 Å². The van der Waals surface area contributed by atoms with Gasteiger partial charge in [0.2, 0.25) is 0 Å². The Labute approximate surface area is 269 Å². The van der Waals surface area contributed by atoms with E-state index in [0.29, 0.717) is 32.3 Å². The van der Waals surface area contributed by atoms with Crippen LogP contribution < -0.4 is 44.2 Å². The van der Waals surface area contributed by atoms with Gasteiger partial charge in [-0.05, 0) is 36.1 Å². The van der Waals surface area contributed by atoms with Crippen LogP contribution in [0.5, 0.6) is 5.75 Å². The Kier molecular flexibility index (Phi) is 11.3. The Morgan fingerprint density at radius 3 is 2.31 bits per heavy atom. The van der Waals surface area contributed by atoms with E-state index in [9.17, 15) is 17.8 Å². The van der Waals surface area contributed by atoms with Crippen molar-refractivity contribution in [1.29, 1.82) is 0 Å². The SMILES string of the molecule is O=C1C(Cc2cccc(OCCCCCCS(=O)(=O)[O-])c2)Nc2c(Cc3ccccc3)nc(-c3ccccc3)c[n+]21.[Na+]. The number of carbonyl (C=O) groups is 1. The maximum absolute atomic E-state index is 13.6. The van der Waals surface area contributed by atoms with E-state index >= 15 is 0 Å². The quantitative estimate of drug-likeness (QED) is 0.109. The standard InChI is InChI=1S/C32H33N3O5S.Na/c36-32-29(22-25-14-11-17-27(20-25)40-18-9-1-2-10-19-41(37,38)39)34-31-28(21-24-12-5-3-6-13-24)33-30(23-35(31)32)26-15-7-4-8-16-26;/h3-8,11-17,20,23,29H,1-2,9-10,18-19,21-22H2,(H,37,38,39);/q;+1. The molecule has 0 bridgehead atoms. The van der Waals surface area contributed by atoms with E-state index in [-0.39, 0.29) is 41.2 Å². The minimum atomic E-state index is -4.14. The van der Waals surface area contributed by atoms with Gasteiger partial charge in [0.15, 0.2) is 6.04 Å². The van der Waals surface area contributed by atoms with Gasteiger partial charge in [0.25, 0.3) is 0 Å². The summed E-state index contributed by atoms with van der Waals surface area (Å²) in [7, 11) is -4.14. The molecule has 5 rings (SSSR count). The van der Waals surface area contributed by atoms with E-state index in [2.05, 4.69) is 17.4 Å². The monoisotopic (exact) mass is 594 g/mol. The fourth-order valence-corrected chi connectivity index (χ4v) is 5.55.